The summed E-state index contributed by atoms with van der Waals surface area (Å²) in [5.74, 6) is -2.18. The quantitative estimate of drug-likeness (QED) is 0.0273. The molecule has 0 bridgehead atoms. The second-order valence-electron chi connectivity index (χ2n) is 31.4. The van der Waals surface area contributed by atoms with Crippen LogP contribution in [-0.2, 0) is 45.3 Å². The third kappa shape index (κ3) is 35.1. The summed E-state index contributed by atoms with van der Waals surface area (Å²) >= 11 is 18.6. The van der Waals surface area contributed by atoms with Crippen molar-refractivity contribution in [3.05, 3.63) is 505 Å². The van der Waals surface area contributed by atoms with Crippen molar-refractivity contribution in [1.82, 2.24) is 19.6 Å². The number of ether oxygens (including phenoxy) is 2. The van der Waals surface area contributed by atoms with Gasteiger partial charge in [-0.25, -0.2) is 31.4 Å². The normalized spacial score (nSPS) is 11.0. The molecule has 0 spiro atoms. The van der Waals surface area contributed by atoms with E-state index in [-0.39, 0.29) is 143 Å². The van der Waals surface area contributed by atoms with Crippen molar-refractivity contribution < 1.29 is 117 Å². The van der Waals surface area contributed by atoms with Gasteiger partial charge in [-0.3, -0.25) is 0 Å². The molecule has 15 aromatic carbocycles. The fraction of sp³-hybridized carbons (Fsp3) is 0.0862. The molecule has 0 unspecified atom stereocenters. The average Bonchev–Trinajstić information content (AvgIpc) is 1.60. The molecule has 12 nitrogen and oxygen atoms in total. The van der Waals surface area contributed by atoms with Gasteiger partial charge in [-0.05, 0) is 211 Å². The van der Waals surface area contributed by atoms with Gasteiger partial charge in [0, 0.05) is 82.5 Å². The second kappa shape index (κ2) is 63.1. The van der Waals surface area contributed by atoms with Crippen LogP contribution in [0.15, 0.2) is 470 Å². The number of halogens is 6. The fourth-order valence-electron chi connectivity index (χ4n) is 14.7. The number of carbonyl (C=O) groups is 1. The molecule has 1 saturated heterocycles. The number of sulfone groups is 1. The molecule has 1 radical (unpaired) electrons. The number of para-hydroxylation sites is 2. The Morgan fingerprint density at radius 2 is 0.690 bits per heavy atom. The van der Waals surface area contributed by atoms with Crippen LogP contribution < -0.4 is 76.1 Å². The number of hydrogen-bond acceptors (Lipinski definition) is 12. The Hall–Kier alpha value is -8.94. The van der Waals surface area contributed by atoms with Crippen molar-refractivity contribution in [2.75, 3.05) is 26.1 Å². The standard InChI is InChI=1S/C23H20ClFN2O3S2.4C18H15P.C16H11BrClFN2O2S.C4H8O.CH3.Ar.BH2O2.ClH.Mg.Pd/c1-23(2,28)22-20(25)21(27(26-22)17-10-5-4-9-16(17)24)19-12-11-18(31-19)14-7-6-8-15(13-14)32(3,29)30;4*1-4-10-16(11-5-1)19(17-12-6-2-7-13-17)18-14-8-3-9-15-18;1-2-23-16(22)14-13(19)15(11-7-8-12(17)24-11)21(20-14)10-6-4-3-5-9(10)18;1-2-4-5-3-1;;;2-1-3;;;/h4-13,28H,1-3H3;4*1-15H;3-8H,2H2,1H3;1-4H2;1H3;;2-3H;1H;;/q;;;;;;;-1;;;;+2;/p-1. The predicted molar refractivity (Wildman–Crippen MR) is 604 cm³/mol. The largest absolute Gasteiger partial charge is 2.00 e. The van der Waals surface area contributed by atoms with Gasteiger partial charge in [0.05, 0.1) is 46.5 Å². The van der Waals surface area contributed by atoms with Gasteiger partial charge in [0.1, 0.15) is 22.7 Å². The molecule has 0 aliphatic carbocycles. The summed E-state index contributed by atoms with van der Waals surface area (Å²) in [6.45, 7) is 6.72. The Kier molecular flexibility index (Phi) is 52.8. The molecular weight excluding hydrogens is 2200 g/mol. The Bertz CT molecular complexity index is 6280. The van der Waals surface area contributed by atoms with Crippen molar-refractivity contribution in [2.24, 2.45) is 0 Å². The first-order valence-electron chi connectivity index (χ1n) is 44.8. The number of benzene rings is 15. The number of rotatable bonds is 21. The molecule has 145 heavy (non-hydrogen) atoms. The molecule has 0 amide bonds. The molecule has 1 fully saturated rings. The molecule has 5 heterocycles. The number of aliphatic hydroxyl groups is 1. The van der Waals surface area contributed by atoms with Gasteiger partial charge in [0.25, 0.3) is 0 Å². The first-order valence-corrected chi connectivity index (χ1v) is 55.3. The smallest absolute Gasteiger partial charge is 1.00 e. The van der Waals surface area contributed by atoms with Crippen molar-refractivity contribution in [2.45, 2.75) is 44.1 Å². The van der Waals surface area contributed by atoms with Crippen LogP contribution in [0.25, 0.3) is 43.0 Å². The van der Waals surface area contributed by atoms with Gasteiger partial charge >= 0.3 is 36.7 Å². The van der Waals surface area contributed by atoms with Crippen LogP contribution in [0, 0.1) is 56.8 Å². The maximum Gasteiger partial charge on any atom is 2.00 e. The number of hydrogen-bond donors (Lipinski definition) is 3. The van der Waals surface area contributed by atoms with Crippen LogP contribution in [0.1, 0.15) is 49.8 Å². The minimum absolute atomic E-state index is 0. The Morgan fingerprint density at radius 3 is 0.945 bits per heavy atom. The number of carbonyl (C=O) groups excluding carboxylic acids is 1. The Labute approximate surface area is 948 Å². The topological polar surface area (TPSA) is 166 Å². The maximum atomic E-state index is 15.6. The zero-order valence-electron chi connectivity index (χ0n) is 79.8. The molecule has 20 rings (SSSR count). The molecule has 1 aliphatic rings. The van der Waals surface area contributed by atoms with E-state index in [0.717, 1.165) is 28.1 Å². The van der Waals surface area contributed by atoms with E-state index < -0.39 is 64.7 Å². The van der Waals surface area contributed by atoms with E-state index in [9.17, 15) is 22.7 Å². The molecule has 4 aromatic heterocycles. The van der Waals surface area contributed by atoms with Crippen LogP contribution in [-0.4, -0.2) is 106 Å². The summed E-state index contributed by atoms with van der Waals surface area (Å²) in [7, 11) is -5.14. The van der Waals surface area contributed by atoms with Crippen LogP contribution in [0.4, 0.5) is 8.78 Å². The van der Waals surface area contributed by atoms with Crippen LogP contribution >= 0.6 is 93.5 Å². The van der Waals surface area contributed by atoms with Gasteiger partial charge in [-0.15, -0.1) is 22.7 Å². The van der Waals surface area contributed by atoms with E-state index in [1.165, 1.54) is 128 Å². The molecule has 3 N–H and O–H groups in total. The minimum atomic E-state index is -3.36. The van der Waals surface area contributed by atoms with E-state index in [1.54, 1.807) is 97.9 Å². The van der Waals surface area contributed by atoms with E-state index in [0.29, 0.717) is 36.7 Å². The minimum Gasteiger partial charge on any atom is -1.00 e. The van der Waals surface area contributed by atoms with Crippen LogP contribution in [0.5, 0.6) is 0 Å². The van der Waals surface area contributed by atoms with Crippen LogP contribution in [0.3, 0.4) is 0 Å². The summed E-state index contributed by atoms with van der Waals surface area (Å²) in [6, 6.07) is 157. The van der Waals surface area contributed by atoms with Crippen molar-refractivity contribution in [1.29, 1.82) is 0 Å². The summed E-state index contributed by atoms with van der Waals surface area (Å²) in [5.41, 5.74) is 0.0390. The summed E-state index contributed by atoms with van der Waals surface area (Å²) in [4.78, 5) is 14.2. The second-order valence-corrected chi connectivity index (χ2v) is 46.7. The molecule has 0 saturated carbocycles. The number of esters is 1. The van der Waals surface area contributed by atoms with Gasteiger partial charge in [0.15, 0.2) is 21.5 Å². The molecular formula is C116H104ArBBrCl3F2MgN4O8P4PdS3. The number of aromatic nitrogens is 4. The SMILES string of the molecule is C1CCOC1.CC(C)(O)c1nn(-c2ccccc2Cl)c(-c2ccc(-c3cccc(S(C)(=O)=O)c3)s2)c1F.CCOC(=O)c1nn(-c2ccccc2Cl)c(-c2ccc(Br)s2)c1F.O[B]O.[Ar].[CH3-].[Cl-].[Mg+2].[Pd].c1ccc(P(c2ccccc2)c2ccccc2)cc1.c1ccc(P(c2ccccc2)c2ccccc2)cc1.c1ccc(P(c2ccccc2)c2ccccc2)cc1.c1ccc(P(c2ccccc2)c2ccccc2)cc1. The number of thiophene rings is 2. The first kappa shape index (κ1) is 121. The Balaban J connectivity index is 0.000000210. The van der Waals surface area contributed by atoms with Crippen molar-refractivity contribution >= 4 is 204 Å². The maximum absolute atomic E-state index is 15.6. The summed E-state index contributed by atoms with van der Waals surface area (Å²) < 4.78 is 67.8. The van der Waals surface area contributed by atoms with Gasteiger partial charge in [0.2, 0.25) is 5.69 Å². The fourth-order valence-corrected chi connectivity index (χ4v) is 27.5. The van der Waals surface area contributed by atoms with Crippen molar-refractivity contribution in [3.63, 3.8) is 0 Å². The zero-order valence-corrected chi connectivity index (χ0v) is 93.4. The molecule has 0 atom stereocenters. The summed E-state index contributed by atoms with van der Waals surface area (Å²) in [6.07, 6.45) is 3.71. The van der Waals surface area contributed by atoms with E-state index in [4.69, 9.17) is 42.7 Å². The molecule has 1 aliphatic heterocycles. The van der Waals surface area contributed by atoms with E-state index in [1.807, 2.05) is 0 Å². The van der Waals surface area contributed by atoms with Crippen LogP contribution in [0.2, 0.25) is 10.0 Å². The van der Waals surface area contributed by atoms with Gasteiger partial charge in [-0.1, -0.05) is 424 Å². The van der Waals surface area contributed by atoms with Gasteiger partial charge in [-0.2, -0.15) is 10.2 Å². The monoisotopic (exact) mass is 2300 g/mol. The van der Waals surface area contributed by atoms with Crippen molar-refractivity contribution in [3.8, 4) is 43.0 Å². The zero-order chi connectivity index (χ0) is 98.4. The van der Waals surface area contributed by atoms with E-state index in [2.05, 4.69) is 390 Å². The first-order chi connectivity index (χ1) is 68.2. The predicted octanol–water partition coefficient (Wildman–Crippen LogP) is 21.2. The third-order valence-corrected chi connectivity index (χ3v) is 35.4. The summed E-state index contributed by atoms with van der Waals surface area (Å²) in [5, 5.41) is 50.5. The number of nitrogens with zero attached hydrogens (tertiary/aromatic N) is 4. The molecule has 739 valence electrons. The molecule has 29 heteroatoms. The third-order valence-electron chi connectivity index (χ3n) is 21.1. The van der Waals surface area contributed by atoms with E-state index >= 15 is 4.39 Å². The average molecular weight is 2310 g/mol. The van der Waals surface area contributed by atoms with Gasteiger partial charge < -0.3 is 44.5 Å². The Morgan fingerprint density at radius 1 is 0.428 bits per heavy atom. The molecule has 19 aromatic rings.